The van der Waals surface area contributed by atoms with Crippen LogP contribution in [-0.4, -0.2) is 0 Å². The Morgan fingerprint density at radius 2 is 1.47 bits per heavy atom. The van der Waals surface area contributed by atoms with Crippen molar-refractivity contribution in [1.29, 1.82) is 0 Å². The van der Waals surface area contributed by atoms with Crippen molar-refractivity contribution in [2.75, 3.05) is 0 Å². The highest BCUT2D eigenvalue weighted by atomic mass is 14.5. The van der Waals surface area contributed by atoms with Gasteiger partial charge in [-0.25, -0.2) is 0 Å². The summed E-state index contributed by atoms with van der Waals surface area (Å²) >= 11 is 0. The van der Waals surface area contributed by atoms with Crippen molar-refractivity contribution in [2.45, 2.75) is 31.6 Å². The first-order valence-corrected chi connectivity index (χ1v) is 5.91. The van der Waals surface area contributed by atoms with Crippen LogP contribution in [0.2, 0.25) is 0 Å². The van der Waals surface area contributed by atoms with Gasteiger partial charge in [-0.3, -0.25) is 0 Å². The van der Waals surface area contributed by atoms with Crippen LogP contribution in [0.3, 0.4) is 0 Å². The smallest absolute Gasteiger partial charge is 0.00980 e. The summed E-state index contributed by atoms with van der Waals surface area (Å²) in [5.74, 6) is 1.65. The van der Waals surface area contributed by atoms with E-state index in [0.717, 1.165) is 11.8 Å². The highest BCUT2D eigenvalue weighted by Gasteiger charge is 2.44. The lowest BCUT2D eigenvalue weighted by atomic mass is 9.91. The summed E-state index contributed by atoms with van der Waals surface area (Å²) < 4.78 is 0. The first-order chi connectivity index (χ1) is 7.33. The van der Waals surface area contributed by atoms with Crippen molar-refractivity contribution in [2.24, 2.45) is 0 Å². The summed E-state index contributed by atoms with van der Waals surface area (Å²) in [5.41, 5.74) is 11.4. The molecule has 5 rings (SSSR count). The molecule has 0 heteroatoms. The Morgan fingerprint density at radius 3 is 2.00 bits per heavy atom. The third kappa shape index (κ3) is 0.667. The predicted octanol–water partition coefficient (Wildman–Crippen LogP) is 3.76. The molecule has 0 spiro atoms. The lowest BCUT2D eigenvalue weighted by molar-refractivity contribution is 1.06. The Kier molecular flexibility index (Phi) is 0.867. The van der Waals surface area contributed by atoms with E-state index in [1.54, 1.807) is 27.8 Å². The van der Waals surface area contributed by atoms with Gasteiger partial charge in [-0.05, 0) is 53.6 Å². The minimum atomic E-state index is 0.827. The maximum atomic E-state index is 2.43. The van der Waals surface area contributed by atoms with Crippen LogP contribution in [0.25, 0.3) is 12.2 Å². The molecule has 72 valence electrons. The average Bonchev–Trinajstić information content (AvgIpc) is 3.07. The maximum absolute atomic E-state index is 2.43. The fourth-order valence-corrected chi connectivity index (χ4v) is 3.71. The summed E-state index contributed by atoms with van der Waals surface area (Å²) in [4.78, 5) is 0. The van der Waals surface area contributed by atoms with Crippen molar-refractivity contribution in [3.63, 3.8) is 0 Å². The molecule has 2 unspecified atom stereocenters. The minimum absolute atomic E-state index is 0.827. The molecule has 4 aliphatic carbocycles. The van der Waals surface area contributed by atoms with Crippen molar-refractivity contribution >= 4 is 12.2 Å². The highest BCUT2D eigenvalue weighted by molar-refractivity contribution is 5.83. The summed E-state index contributed by atoms with van der Waals surface area (Å²) in [6.07, 6.45) is 7.54. The van der Waals surface area contributed by atoms with Gasteiger partial charge in [-0.15, -0.1) is 0 Å². The van der Waals surface area contributed by atoms with Crippen LogP contribution in [0.15, 0.2) is 17.2 Å². The number of allylic oxidation sites excluding steroid dienone is 2. The van der Waals surface area contributed by atoms with E-state index in [2.05, 4.69) is 25.1 Å². The second kappa shape index (κ2) is 1.84. The van der Waals surface area contributed by atoms with E-state index in [-0.39, 0.29) is 0 Å². The van der Waals surface area contributed by atoms with Crippen molar-refractivity contribution in [3.8, 4) is 0 Å². The lowest BCUT2D eigenvalue weighted by Gasteiger charge is -2.13. The molecule has 4 aliphatic rings. The normalized spacial score (nSPS) is 31.3. The number of rotatable bonds is 0. The molecule has 0 amide bonds. The minimum Gasteiger partial charge on any atom is -0.0608 e. The molecule has 1 aromatic rings. The van der Waals surface area contributed by atoms with Crippen LogP contribution in [0.5, 0.6) is 0 Å². The first kappa shape index (κ1) is 7.05. The molecule has 2 atom stereocenters. The van der Waals surface area contributed by atoms with E-state index in [9.17, 15) is 0 Å². The summed E-state index contributed by atoms with van der Waals surface area (Å²) in [6, 6.07) is 2.43. The van der Waals surface area contributed by atoms with E-state index in [4.69, 9.17) is 0 Å². The van der Waals surface area contributed by atoms with E-state index >= 15 is 0 Å². The summed E-state index contributed by atoms with van der Waals surface area (Å²) in [5, 5.41) is 0. The van der Waals surface area contributed by atoms with Crippen LogP contribution in [-0.2, 0) is 0 Å². The third-order valence-corrected chi connectivity index (χ3v) is 4.57. The second-order valence-corrected chi connectivity index (χ2v) is 5.46. The number of benzene rings is 1. The first-order valence-electron chi connectivity index (χ1n) is 5.91. The fraction of sp³-hybridized carbons (Fsp3) is 0.333. The molecule has 0 radical (unpaired) electrons. The van der Waals surface area contributed by atoms with Crippen molar-refractivity contribution in [3.05, 3.63) is 45.0 Å². The molecule has 15 heavy (non-hydrogen) atoms. The standard InChI is InChI=1S/C15H12/c1-7-14-10(2-8-5-12(8)14)4-11-3-9-6-13(9)15(7)11/h2-4,12-13H,5-6H2,1H3. The van der Waals surface area contributed by atoms with Crippen molar-refractivity contribution < 1.29 is 0 Å². The number of hydrogen-bond donors (Lipinski definition) is 0. The molecule has 2 fully saturated rings. The van der Waals surface area contributed by atoms with Crippen LogP contribution < -0.4 is 0 Å². The van der Waals surface area contributed by atoms with E-state index in [0.29, 0.717) is 0 Å². The van der Waals surface area contributed by atoms with Crippen molar-refractivity contribution in [1.82, 2.24) is 0 Å². The summed E-state index contributed by atoms with van der Waals surface area (Å²) in [7, 11) is 0. The zero-order valence-electron chi connectivity index (χ0n) is 8.80. The van der Waals surface area contributed by atoms with Gasteiger partial charge in [0.15, 0.2) is 0 Å². The fourth-order valence-electron chi connectivity index (χ4n) is 3.71. The zero-order valence-corrected chi connectivity index (χ0v) is 8.80. The van der Waals surface area contributed by atoms with Gasteiger partial charge in [-0.2, -0.15) is 0 Å². The molecule has 0 N–H and O–H groups in total. The number of hydrogen-bond acceptors (Lipinski definition) is 0. The largest absolute Gasteiger partial charge is 0.0608 e. The molecule has 2 saturated carbocycles. The Hall–Kier alpha value is -1.30. The molecule has 0 saturated heterocycles. The average molecular weight is 192 g/mol. The highest BCUT2D eigenvalue weighted by Crippen LogP contribution is 2.61. The number of fused-ring (bicyclic) bond motifs is 6. The third-order valence-electron chi connectivity index (χ3n) is 4.57. The summed E-state index contributed by atoms with van der Waals surface area (Å²) in [6.45, 7) is 2.35. The maximum Gasteiger partial charge on any atom is 0.00980 e. The van der Waals surface area contributed by atoms with Gasteiger partial charge in [0.25, 0.3) is 0 Å². The zero-order chi connectivity index (χ0) is 9.73. The second-order valence-electron chi connectivity index (χ2n) is 5.46. The Balaban J connectivity index is 1.89. The lowest BCUT2D eigenvalue weighted by Crippen LogP contribution is -1.96. The van der Waals surface area contributed by atoms with Gasteiger partial charge in [0.1, 0.15) is 0 Å². The topological polar surface area (TPSA) is 0 Å². The van der Waals surface area contributed by atoms with Crippen LogP contribution in [0.4, 0.5) is 0 Å². The molecular weight excluding hydrogens is 180 g/mol. The molecule has 0 bridgehead atoms. The van der Waals surface area contributed by atoms with Gasteiger partial charge < -0.3 is 0 Å². The van der Waals surface area contributed by atoms with E-state index in [1.165, 1.54) is 24.0 Å². The van der Waals surface area contributed by atoms with Gasteiger partial charge in [0, 0.05) is 11.8 Å². The molecular formula is C15H12. The molecule has 0 aliphatic heterocycles. The van der Waals surface area contributed by atoms with E-state index < -0.39 is 0 Å². The van der Waals surface area contributed by atoms with Gasteiger partial charge in [0.05, 0.1) is 0 Å². The quantitative estimate of drug-likeness (QED) is 0.587. The van der Waals surface area contributed by atoms with E-state index in [1.807, 2.05) is 0 Å². The monoisotopic (exact) mass is 192 g/mol. The predicted molar refractivity (Wildman–Crippen MR) is 61.8 cm³/mol. The van der Waals surface area contributed by atoms with Gasteiger partial charge >= 0.3 is 0 Å². The molecule has 1 aromatic carbocycles. The Morgan fingerprint density at radius 1 is 0.933 bits per heavy atom. The van der Waals surface area contributed by atoms with Crippen LogP contribution in [0.1, 0.15) is 52.5 Å². The Bertz CT molecular complexity index is 549. The SMILES string of the molecule is Cc1c2c(cc3c1C1CC1=C3)C=C1CC12. The molecule has 0 heterocycles. The molecule has 0 aromatic heterocycles. The van der Waals surface area contributed by atoms with Crippen LogP contribution in [0, 0.1) is 6.92 Å². The molecule has 0 nitrogen and oxygen atoms in total. The van der Waals surface area contributed by atoms with Gasteiger partial charge in [-0.1, -0.05) is 23.3 Å². The van der Waals surface area contributed by atoms with Gasteiger partial charge in [0.2, 0.25) is 0 Å². The van der Waals surface area contributed by atoms with Crippen LogP contribution >= 0.6 is 0 Å². The Labute approximate surface area is 89.3 Å².